The van der Waals surface area contributed by atoms with E-state index in [-0.39, 0.29) is 17.0 Å². The van der Waals surface area contributed by atoms with Gasteiger partial charge in [-0.2, -0.15) is 0 Å². The van der Waals surface area contributed by atoms with Gasteiger partial charge in [0.15, 0.2) is 4.34 Å². The van der Waals surface area contributed by atoms with E-state index in [1.165, 1.54) is 35.2 Å². The SMILES string of the molecule is C[C@@H](Sc1nnc(NCc2ccc(F)cc2)s1)C(=O)Nc1ccc(N2CCOCC2)cc1. The number of ether oxygens (including phenoxy) is 1. The summed E-state index contributed by atoms with van der Waals surface area (Å²) in [6.07, 6.45) is 0. The van der Waals surface area contributed by atoms with E-state index >= 15 is 0 Å². The molecule has 2 heterocycles. The highest BCUT2D eigenvalue weighted by molar-refractivity contribution is 8.02. The van der Waals surface area contributed by atoms with Crippen LogP contribution in [0.2, 0.25) is 0 Å². The van der Waals surface area contributed by atoms with Crippen LogP contribution in [0.4, 0.5) is 20.9 Å². The Labute approximate surface area is 194 Å². The number of halogens is 1. The quantitative estimate of drug-likeness (QED) is 0.474. The lowest BCUT2D eigenvalue weighted by Gasteiger charge is -2.28. The molecule has 0 aliphatic carbocycles. The maximum atomic E-state index is 13.0. The number of morpholine rings is 1. The zero-order valence-corrected chi connectivity index (χ0v) is 19.2. The molecule has 1 aliphatic heterocycles. The summed E-state index contributed by atoms with van der Waals surface area (Å²) in [4.78, 5) is 14.9. The lowest BCUT2D eigenvalue weighted by molar-refractivity contribution is -0.115. The normalized spacial score (nSPS) is 14.8. The number of anilines is 3. The average Bonchev–Trinajstić information content (AvgIpc) is 3.27. The Hall–Kier alpha value is -2.69. The van der Waals surface area contributed by atoms with Crippen molar-refractivity contribution >= 4 is 45.5 Å². The minimum absolute atomic E-state index is 0.0925. The Kier molecular flexibility index (Phi) is 7.56. The van der Waals surface area contributed by atoms with Gasteiger partial charge in [0.05, 0.1) is 18.5 Å². The molecule has 2 aromatic carbocycles. The molecule has 0 saturated carbocycles. The first kappa shape index (κ1) is 22.5. The number of amides is 1. The second-order valence-corrected chi connectivity index (χ2v) is 9.81. The highest BCUT2D eigenvalue weighted by Crippen LogP contribution is 2.30. The summed E-state index contributed by atoms with van der Waals surface area (Å²) < 4.78 is 19.1. The number of carbonyl (C=O) groups is 1. The summed E-state index contributed by atoms with van der Waals surface area (Å²) in [7, 11) is 0. The topological polar surface area (TPSA) is 79.4 Å². The summed E-state index contributed by atoms with van der Waals surface area (Å²) in [5.74, 6) is -0.353. The van der Waals surface area contributed by atoms with Crippen molar-refractivity contribution < 1.29 is 13.9 Å². The molecule has 1 aliphatic rings. The van der Waals surface area contributed by atoms with Gasteiger partial charge < -0.3 is 20.3 Å². The third kappa shape index (κ3) is 6.18. The van der Waals surface area contributed by atoms with Crippen LogP contribution in [0, 0.1) is 5.82 Å². The van der Waals surface area contributed by atoms with Crippen LogP contribution in [0.25, 0.3) is 0 Å². The second-order valence-electron chi connectivity index (χ2n) is 7.25. The number of benzene rings is 2. The van der Waals surface area contributed by atoms with Crippen LogP contribution < -0.4 is 15.5 Å². The summed E-state index contributed by atoms with van der Waals surface area (Å²) in [6.45, 7) is 5.60. The first-order valence-electron chi connectivity index (χ1n) is 10.3. The summed E-state index contributed by atoms with van der Waals surface area (Å²) in [6, 6.07) is 14.2. The number of hydrogen-bond donors (Lipinski definition) is 2. The molecule has 1 atom stereocenters. The molecule has 0 radical (unpaired) electrons. The number of rotatable bonds is 8. The number of hydrogen-bond acceptors (Lipinski definition) is 8. The maximum absolute atomic E-state index is 13.0. The van der Waals surface area contributed by atoms with E-state index in [0.29, 0.717) is 16.0 Å². The molecular formula is C22H24FN5O2S2. The van der Waals surface area contributed by atoms with Gasteiger partial charge in [-0.15, -0.1) is 10.2 Å². The standard InChI is InChI=1S/C22H24FN5O2S2/c1-15(20(29)25-18-6-8-19(9-7-18)28-10-12-30-13-11-28)31-22-27-26-21(32-22)24-14-16-2-4-17(23)5-3-16/h2-9,15H,10-14H2,1H3,(H,24,26)(H,25,29)/t15-/m1/s1. The zero-order chi connectivity index (χ0) is 22.3. The van der Waals surface area contributed by atoms with Crippen molar-refractivity contribution in [1.29, 1.82) is 0 Å². The molecule has 0 spiro atoms. The van der Waals surface area contributed by atoms with Gasteiger partial charge in [0.2, 0.25) is 11.0 Å². The van der Waals surface area contributed by atoms with Crippen LogP contribution in [0.3, 0.4) is 0 Å². The highest BCUT2D eigenvalue weighted by Gasteiger charge is 2.18. The number of nitrogens with one attached hydrogen (secondary N) is 2. The monoisotopic (exact) mass is 473 g/mol. The van der Waals surface area contributed by atoms with Gasteiger partial charge in [-0.1, -0.05) is 35.2 Å². The molecule has 4 rings (SSSR count). The maximum Gasteiger partial charge on any atom is 0.237 e. The van der Waals surface area contributed by atoms with Gasteiger partial charge in [-0.05, 0) is 48.9 Å². The third-order valence-corrected chi connectivity index (χ3v) is 6.99. The van der Waals surface area contributed by atoms with Gasteiger partial charge >= 0.3 is 0 Å². The molecular weight excluding hydrogens is 449 g/mol. The summed E-state index contributed by atoms with van der Waals surface area (Å²) in [5.41, 5.74) is 2.84. The lowest BCUT2D eigenvalue weighted by Crippen LogP contribution is -2.36. The lowest BCUT2D eigenvalue weighted by atomic mass is 10.2. The van der Waals surface area contributed by atoms with Crippen LogP contribution in [0.15, 0.2) is 52.9 Å². The zero-order valence-electron chi connectivity index (χ0n) is 17.6. The van der Waals surface area contributed by atoms with Crippen LogP contribution in [0.1, 0.15) is 12.5 Å². The molecule has 1 amide bonds. The van der Waals surface area contributed by atoms with Crippen molar-refractivity contribution in [3.63, 3.8) is 0 Å². The van der Waals surface area contributed by atoms with E-state index in [1.807, 2.05) is 31.2 Å². The number of aromatic nitrogens is 2. The molecule has 1 aromatic heterocycles. The minimum atomic E-state index is -0.327. The number of nitrogens with zero attached hydrogens (tertiary/aromatic N) is 3. The molecule has 3 aromatic rings. The van der Waals surface area contributed by atoms with E-state index in [9.17, 15) is 9.18 Å². The smallest absolute Gasteiger partial charge is 0.237 e. The van der Waals surface area contributed by atoms with Crippen molar-refractivity contribution in [1.82, 2.24) is 10.2 Å². The largest absolute Gasteiger partial charge is 0.378 e. The van der Waals surface area contributed by atoms with Crippen LogP contribution in [-0.2, 0) is 16.1 Å². The Morgan fingerprint density at radius 2 is 1.88 bits per heavy atom. The Bertz CT molecular complexity index is 1020. The first-order chi connectivity index (χ1) is 15.6. The van der Waals surface area contributed by atoms with Crippen molar-refractivity contribution in [2.24, 2.45) is 0 Å². The molecule has 1 saturated heterocycles. The number of carbonyl (C=O) groups excluding carboxylic acids is 1. The van der Waals surface area contributed by atoms with E-state index in [1.54, 1.807) is 12.1 Å². The molecule has 1 fully saturated rings. The summed E-state index contributed by atoms with van der Waals surface area (Å²) in [5, 5.41) is 14.7. The van der Waals surface area contributed by atoms with Gasteiger partial charge in [0.1, 0.15) is 5.82 Å². The van der Waals surface area contributed by atoms with Crippen LogP contribution in [-0.4, -0.2) is 47.7 Å². The van der Waals surface area contributed by atoms with E-state index in [4.69, 9.17) is 4.74 Å². The van der Waals surface area contributed by atoms with Gasteiger partial charge in [0.25, 0.3) is 0 Å². The first-order valence-corrected chi connectivity index (χ1v) is 12.0. The molecule has 10 heteroatoms. The fourth-order valence-electron chi connectivity index (χ4n) is 3.13. The van der Waals surface area contributed by atoms with Crippen molar-refractivity contribution in [2.45, 2.75) is 23.1 Å². The predicted octanol–water partition coefficient (Wildman–Crippen LogP) is 4.25. The van der Waals surface area contributed by atoms with Crippen LogP contribution in [0.5, 0.6) is 0 Å². The minimum Gasteiger partial charge on any atom is -0.378 e. The molecule has 168 valence electrons. The molecule has 7 nitrogen and oxygen atoms in total. The van der Waals surface area contributed by atoms with E-state index in [2.05, 4.69) is 25.7 Å². The van der Waals surface area contributed by atoms with Crippen LogP contribution >= 0.6 is 23.1 Å². The number of thioether (sulfide) groups is 1. The molecule has 32 heavy (non-hydrogen) atoms. The van der Waals surface area contributed by atoms with E-state index in [0.717, 1.165) is 43.2 Å². The fraction of sp³-hybridized carbons (Fsp3) is 0.318. The molecule has 0 unspecified atom stereocenters. The predicted molar refractivity (Wildman–Crippen MR) is 127 cm³/mol. The van der Waals surface area contributed by atoms with Gasteiger partial charge in [0, 0.05) is 31.0 Å². The Balaban J connectivity index is 1.25. The van der Waals surface area contributed by atoms with Gasteiger partial charge in [-0.25, -0.2) is 4.39 Å². The van der Waals surface area contributed by atoms with Crippen molar-refractivity contribution in [3.8, 4) is 0 Å². The van der Waals surface area contributed by atoms with Gasteiger partial charge in [-0.3, -0.25) is 4.79 Å². The molecule has 0 bridgehead atoms. The summed E-state index contributed by atoms with van der Waals surface area (Å²) >= 11 is 2.75. The third-order valence-electron chi connectivity index (χ3n) is 4.92. The highest BCUT2D eigenvalue weighted by atomic mass is 32.2. The Morgan fingerprint density at radius 3 is 2.59 bits per heavy atom. The van der Waals surface area contributed by atoms with E-state index < -0.39 is 0 Å². The fourth-order valence-corrected chi connectivity index (χ4v) is 5.03. The van der Waals surface area contributed by atoms with Crippen molar-refractivity contribution in [3.05, 3.63) is 59.9 Å². The average molecular weight is 474 g/mol. The Morgan fingerprint density at radius 1 is 1.16 bits per heavy atom. The molecule has 2 N–H and O–H groups in total. The second kappa shape index (κ2) is 10.8. The van der Waals surface area contributed by atoms with Crippen molar-refractivity contribution in [2.75, 3.05) is 41.8 Å².